The molecule has 0 bridgehead atoms. The molecule has 3 rings (SSSR count). The highest BCUT2D eigenvalue weighted by Gasteiger charge is 2.26. The van der Waals surface area contributed by atoms with Gasteiger partial charge in [0.15, 0.2) is 11.3 Å². The fourth-order valence-electron chi connectivity index (χ4n) is 3.15. The number of hydrogen-bond donors (Lipinski definition) is 1. The molecule has 1 fully saturated rings. The molecular weight excluding hydrogens is 250 g/mol. The van der Waals surface area contributed by atoms with Crippen LogP contribution < -0.4 is 10.1 Å². The van der Waals surface area contributed by atoms with Crippen LogP contribution in [0.3, 0.4) is 0 Å². The lowest BCUT2D eigenvalue weighted by molar-refractivity contribution is 0.246. The van der Waals surface area contributed by atoms with Gasteiger partial charge in [-0.25, -0.2) is 0 Å². The van der Waals surface area contributed by atoms with Crippen molar-refractivity contribution in [2.24, 2.45) is 0 Å². The second-order valence-electron chi connectivity index (χ2n) is 6.07. The van der Waals surface area contributed by atoms with Gasteiger partial charge in [0.1, 0.15) is 5.76 Å². The summed E-state index contributed by atoms with van der Waals surface area (Å²) in [7, 11) is 1.68. The van der Waals surface area contributed by atoms with Crippen molar-refractivity contribution in [1.29, 1.82) is 0 Å². The zero-order valence-electron chi connectivity index (χ0n) is 12.4. The third-order valence-corrected chi connectivity index (χ3v) is 4.43. The number of rotatable bonds is 4. The van der Waals surface area contributed by atoms with Crippen LogP contribution in [-0.2, 0) is 6.54 Å². The van der Waals surface area contributed by atoms with Crippen molar-refractivity contribution in [3.05, 3.63) is 30.0 Å². The average Bonchev–Trinajstić information content (AvgIpc) is 2.89. The van der Waals surface area contributed by atoms with Gasteiger partial charge in [0, 0.05) is 10.9 Å². The summed E-state index contributed by atoms with van der Waals surface area (Å²) in [4.78, 5) is 0. The van der Waals surface area contributed by atoms with Crippen molar-refractivity contribution >= 4 is 11.0 Å². The van der Waals surface area contributed by atoms with Crippen molar-refractivity contribution in [2.45, 2.75) is 51.1 Å². The van der Waals surface area contributed by atoms with E-state index in [0.717, 1.165) is 29.0 Å². The van der Waals surface area contributed by atoms with E-state index in [1.807, 2.05) is 12.1 Å². The molecule has 3 nitrogen and oxygen atoms in total. The molecule has 1 heterocycles. The highest BCUT2D eigenvalue weighted by molar-refractivity contribution is 5.83. The Labute approximate surface area is 120 Å². The Balaban J connectivity index is 1.74. The van der Waals surface area contributed by atoms with Gasteiger partial charge >= 0.3 is 0 Å². The summed E-state index contributed by atoms with van der Waals surface area (Å²) in [6.07, 6.45) is 6.56. The zero-order chi connectivity index (χ0) is 14.0. The Kier molecular flexibility index (Phi) is 3.70. The van der Waals surface area contributed by atoms with Crippen LogP contribution in [-0.4, -0.2) is 12.6 Å². The standard InChI is InChI=1S/C17H23NO2/c1-17(9-4-3-5-10-17)18-12-14-11-13-7-6-8-15(19-2)16(13)20-14/h6-8,11,18H,3-5,9-10,12H2,1-2H3. The third kappa shape index (κ3) is 2.68. The summed E-state index contributed by atoms with van der Waals surface area (Å²) in [6, 6.07) is 8.10. The Morgan fingerprint density at radius 2 is 2.05 bits per heavy atom. The van der Waals surface area contributed by atoms with E-state index in [0.29, 0.717) is 0 Å². The number of fused-ring (bicyclic) bond motifs is 1. The van der Waals surface area contributed by atoms with Crippen LogP contribution in [0.1, 0.15) is 44.8 Å². The minimum atomic E-state index is 0.265. The highest BCUT2D eigenvalue weighted by Crippen LogP contribution is 2.30. The maximum atomic E-state index is 5.94. The van der Waals surface area contributed by atoms with E-state index in [2.05, 4.69) is 24.4 Å². The quantitative estimate of drug-likeness (QED) is 0.904. The summed E-state index contributed by atoms with van der Waals surface area (Å²) >= 11 is 0. The molecule has 0 atom stereocenters. The minimum Gasteiger partial charge on any atom is -0.493 e. The molecule has 1 N–H and O–H groups in total. The van der Waals surface area contributed by atoms with Gasteiger partial charge in [-0.1, -0.05) is 31.4 Å². The van der Waals surface area contributed by atoms with Gasteiger partial charge in [0.05, 0.1) is 13.7 Å². The Hall–Kier alpha value is -1.48. The number of benzene rings is 1. The molecule has 20 heavy (non-hydrogen) atoms. The first-order valence-corrected chi connectivity index (χ1v) is 7.51. The molecule has 1 aliphatic rings. The Morgan fingerprint density at radius 1 is 1.25 bits per heavy atom. The van der Waals surface area contributed by atoms with Gasteiger partial charge in [-0.2, -0.15) is 0 Å². The van der Waals surface area contributed by atoms with Crippen molar-refractivity contribution in [3.63, 3.8) is 0 Å². The second kappa shape index (κ2) is 5.49. The molecule has 0 aliphatic heterocycles. The van der Waals surface area contributed by atoms with E-state index < -0.39 is 0 Å². The van der Waals surface area contributed by atoms with Crippen LogP contribution in [0.25, 0.3) is 11.0 Å². The van der Waals surface area contributed by atoms with E-state index >= 15 is 0 Å². The van der Waals surface area contributed by atoms with E-state index in [4.69, 9.17) is 9.15 Å². The monoisotopic (exact) mass is 273 g/mol. The van der Waals surface area contributed by atoms with Crippen molar-refractivity contribution in [3.8, 4) is 5.75 Å². The van der Waals surface area contributed by atoms with Gasteiger partial charge in [0.25, 0.3) is 0 Å². The third-order valence-electron chi connectivity index (χ3n) is 4.43. The van der Waals surface area contributed by atoms with Crippen LogP contribution in [0.5, 0.6) is 5.75 Å². The zero-order valence-corrected chi connectivity index (χ0v) is 12.4. The maximum absolute atomic E-state index is 5.94. The molecule has 0 saturated heterocycles. The SMILES string of the molecule is COc1cccc2cc(CNC3(C)CCCCC3)oc12. The lowest BCUT2D eigenvalue weighted by atomic mass is 9.83. The van der Waals surface area contributed by atoms with E-state index in [1.54, 1.807) is 7.11 Å². The van der Waals surface area contributed by atoms with E-state index in [1.165, 1.54) is 32.1 Å². The normalized spacial score (nSPS) is 18.3. The van der Waals surface area contributed by atoms with Crippen LogP contribution in [0.15, 0.2) is 28.7 Å². The van der Waals surface area contributed by atoms with Crippen LogP contribution >= 0.6 is 0 Å². The molecule has 0 radical (unpaired) electrons. The smallest absolute Gasteiger partial charge is 0.176 e. The Morgan fingerprint density at radius 3 is 2.80 bits per heavy atom. The lowest BCUT2D eigenvalue weighted by Crippen LogP contribution is -2.43. The Bertz CT molecular complexity index is 582. The highest BCUT2D eigenvalue weighted by atomic mass is 16.5. The fourth-order valence-corrected chi connectivity index (χ4v) is 3.15. The molecule has 0 amide bonds. The second-order valence-corrected chi connectivity index (χ2v) is 6.07. The molecule has 2 aromatic rings. The van der Waals surface area contributed by atoms with Gasteiger partial charge in [-0.15, -0.1) is 0 Å². The largest absolute Gasteiger partial charge is 0.493 e. The van der Waals surface area contributed by atoms with Gasteiger partial charge in [0.2, 0.25) is 0 Å². The number of ether oxygens (including phenoxy) is 1. The number of para-hydroxylation sites is 1. The average molecular weight is 273 g/mol. The number of hydrogen-bond acceptors (Lipinski definition) is 3. The van der Waals surface area contributed by atoms with E-state index in [9.17, 15) is 0 Å². The minimum absolute atomic E-state index is 0.265. The van der Waals surface area contributed by atoms with Crippen molar-refractivity contribution in [1.82, 2.24) is 5.32 Å². The first-order valence-electron chi connectivity index (χ1n) is 7.51. The van der Waals surface area contributed by atoms with Gasteiger partial charge < -0.3 is 14.5 Å². The van der Waals surface area contributed by atoms with Crippen LogP contribution in [0.4, 0.5) is 0 Å². The number of nitrogens with one attached hydrogen (secondary N) is 1. The number of furan rings is 1. The molecule has 1 aromatic heterocycles. The van der Waals surface area contributed by atoms with Crippen LogP contribution in [0, 0.1) is 0 Å². The van der Waals surface area contributed by atoms with Gasteiger partial charge in [-0.3, -0.25) is 0 Å². The summed E-state index contributed by atoms with van der Waals surface area (Å²) in [6.45, 7) is 3.11. The van der Waals surface area contributed by atoms with Crippen molar-refractivity contribution in [2.75, 3.05) is 7.11 Å². The summed E-state index contributed by atoms with van der Waals surface area (Å²) in [5.74, 6) is 1.79. The summed E-state index contributed by atoms with van der Waals surface area (Å²) < 4.78 is 11.3. The molecule has 1 aromatic carbocycles. The van der Waals surface area contributed by atoms with E-state index in [-0.39, 0.29) is 5.54 Å². The molecular formula is C17H23NO2. The lowest BCUT2D eigenvalue weighted by Gasteiger charge is -2.34. The van der Waals surface area contributed by atoms with Crippen LogP contribution in [0.2, 0.25) is 0 Å². The predicted molar refractivity (Wildman–Crippen MR) is 81.1 cm³/mol. The summed E-state index contributed by atoms with van der Waals surface area (Å²) in [5.41, 5.74) is 1.11. The molecule has 1 saturated carbocycles. The molecule has 108 valence electrons. The maximum Gasteiger partial charge on any atom is 0.176 e. The molecule has 0 unspecified atom stereocenters. The fraction of sp³-hybridized carbons (Fsp3) is 0.529. The molecule has 1 aliphatic carbocycles. The first-order chi connectivity index (χ1) is 9.70. The summed E-state index contributed by atoms with van der Waals surface area (Å²) in [5, 5.41) is 4.78. The predicted octanol–water partition coefficient (Wildman–Crippen LogP) is 4.25. The molecule has 3 heteroatoms. The topological polar surface area (TPSA) is 34.4 Å². The molecule has 0 spiro atoms. The van der Waals surface area contributed by atoms with Gasteiger partial charge in [-0.05, 0) is 31.9 Å². The first kappa shape index (κ1) is 13.5. The number of methoxy groups -OCH3 is 1. The van der Waals surface area contributed by atoms with Crippen molar-refractivity contribution < 1.29 is 9.15 Å².